The van der Waals surface area contributed by atoms with Crippen molar-refractivity contribution in [2.24, 2.45) is 5.92 Å². The van der Waals surface area contributed by atoms with Crippen molar-refractivity contribution >= 4 is 35.0 Å². The summed E-state index contributed by atoms with van der Waals surface area (Å²) in [6.45, 7) is 4.46. The fraction of sp³-hybridized carbons (Fsp3) is 0.579. The highest BCUT2D eigenvalue weighted by molar-refractivity contribution is 6.35. The summed E-state index contributed by atoms with van der Waals surface area (Å²) in [5.41, 5.74) is 0. The van der Waals surface area contributed by atoms with Gasteiger partial charge in [-0.2, -0.15) is 0 Å². The van der Waals surface area contributed by atoms with Gasteiger partial charge in [-0.3, -0.25) is 9.59 Å². The maximum atomic E-state index is 12.3. The molecule has 0 radical (unpaired) electrons. The van der Waals surface area contributed by atoms with Crippen LogP contribution in [0, 0.1) is 5.92 Å². The number of ether oxygens (including phenoxy) is 1. The van der Waals surface area contributed by atoms with E-state index >= 15 is 0 Å². The van der Waals surface area contributed by atoms with E-state index in [1.807, 2.05) is 11.8 Å². The highest BCUT2D eigenvalue weighted by Gasteiger charge is 2.26. The monoisotopic (exact) mass is 400 g/mol. The number of nitrogens with zero attached hydrogens (tertiary/aromatic N) is 1. The zero-order chi connectivity index (χ0) is 18.9. The number of piperidine rings is 1. The minimum Gasteiger partial charge on any atom is -0.492 e. The van der Waals surface area contributed by atoms with Crippen LogP contribution >= 0.6 is 23.2 Å². The molecule has 0 atom stereocenters. The first-order valence-electron chi connectivity index (χ1n) is 9.14. The molecule has 1 fully saturated rings. The minimum atomic E-state index is 0.0287. The van der Waals surface area contributed by atoms with Crippen LogP contribution in [0.4, 0.5) is 0 Å². The number of halogens is 2. The lowest BCUT2D eigenvalue weighted by Gasteiger charge is -2.31. The Kier molecular flexibility index (Phi) is 8.52. The third-order valence-electron chi connectivity index (χ3n) is 4.45. The number of carbonyl (C=O) groups excluding carboxylic acids is 2. The summed E-state index contributed by atoms with van der Waals surface area (Å²) >= 11 is 11.9. The van der Waals surface area contributed by atoms with Gasteiger partial charge in [-0.1, -0.05) is 30.1 Å². The van der Waals surface area contributed by atoms with E-state index in [1.54, 1.807) is 18.2 Å². The molecule has 2 rings (SSSR count). The molecule has 0 aromatic heterocycles. The molecular formula is C19H26Cl2N2O3. The van der Waals surface area contributed by atoms with Crippen LogP contribution in [0.15, 0.2) is 18.2 Å². The molecule has 0 spiro atoms. The molecule has 1 aromatic carbocycles. The van der Waals surface area contributed by atoms with Crippen LogP contribution in [0.5, 0.6) is 5.75 Å². The molecule has 5 nitrogen and oxygen atoms in total. The van der Waals surface area contributed by atoms with Crippen LogP contribution < -0.4 is 10.1 Å². The standard InChI is InChI=1S/C19H26Cl2N2O3/c1-2-9-22-19(25)14-7-10-23(11-8-14)18(24)4-3-12-26-17-6-5-15(20)13-16(17)21/h5-6,13-14H,2-4,7-12H2,1H3,(H,22,25). The maximum absolute atomic E-state index is 12.3. The molecule has 0 saturated carbocycles. The van der Waals surface area contributed by atoms with Crippen molar-refractivity contribution in [3.63, 3.8) is 0 Å². The van der Waals surface area contributed by atoms with Crippen molar-refractivity contribution in [2.45, 2.75) is 39.0 Å². The average molecular weight is 401 g/mol. The summed E-state index contributed by atoms with van der Waals surface area (Å²) in [5.74, 6) is 0.832. The lowest BCUT2D eigenvalue weighted by atomic mass is 9.95. The maximum Gasteiger partial charge on any atom is 0.223 e. The second-order valence-electron chi connectivity index (χ2n) is 6.47. The van der Waals surface area contributed by atoms with E-state index in [1.165, 1.54) is 0 Å². The summed E-state index contributed by atoms with van der Waals surface area (Å²) in [6, 6.07) is 5.07. The van der Waals surface area contributed by atoms with E-state index in [-0.39, 0.29) is 17.7 Å². The van der Waals surface area contributed by atoms with Crippen molar-refractivity contribution in [2.75, 3.05) is 26.2 Å². The smallest absolute Gasteiger partial charge is 0.223 e. The molecule has 1 aromatic rings. The number of hydrogen-bond acceptors (Lipinski definition) is 3. The quantitative estimate of drug-likeness (QED) is 0.672. The number of carbonyl (C=O) groups is 2. The Hall–Kier alpha value is -1.46. The Morgan fingerprint density at radius 3 is 2.65 bits per heavy atom. The van der Waals surface area contributed by atoms with E-state index in [0.717, 1.165) is 25.8 Å². The van der Waals surface area contributed by atoms with Crippen LogP contribution in [0.1, 0.15) is 39.0 Å². The van der Waals surface area contributed by atoms with E-state index < -0.39 is 0 Å². The Morgan fingerprint density at radius 2 is 2.00 bits per heavy atom. The van der Waals surface area contributed by atoms with Gasteiger partial charge in [0, 0.05) is 37.0 Å². The molecule has 1 N–H and O–H groups in total. The number of hydrogen-bond donors (Lipinski definition) is 1. The first kappa shape index (κ1) is 20.8. The van der Waals surface area contributed by atoms with Gasteiger partial charge < -0.3 is 15.0 Å². The Balaban J connectivity index is 1.65. The normalized spacial score (nSPS) is 15.0. The molecule has 1 aliphatic rings. The average Bonchev–Trinajstić information content (AvgIpc) is 2.64. The summed E-state index contributed by atoms with van der Waals surface area (Å²) < 4.78 is 5.60. The molecule has 26 heavy (non-hydrogen) atoms. The number of amides is 2. The van der Waals surface area contributed by atoms with Gasteiger partial charge in [0.1, 0.15) is 5.75 Å². The predicted molar refractivity (Wildman–Crippen MR) is 104 cm³/mol. The zero-order valence-electron chi connectivity index (χ0n) is 15.1. The lowest BCUT2D eigenvalue weighted by Crippen LogP contribution is -2.43. The Morgan fingerprint density at radius 1 is 1.27 bits per heavy atom. The minimum absolute atomic E-state index is 0.0287. The third-order valence-corrected chi connectivity index (χ3v) is 4.98. The second-order valence-corrected chi connectivity index (χ2v) is 7.32. The Labute approximate surface area is 165 Å². The lowest BCUT2D eigenvalue weighted by molar-refractivity contribution is -0.135. The van der Waals surface area contributed by atoms with Crippen LogP contribution in [0.3, 0.4) is 0 Å². The molecule has 144 valence electrons. The van der Waals surface area contributed by atoms with Crippen LogP contribution in [0.25, 0.3) is 0 Å². The molecule has 7 heteroatoms. The predicted octanol–water partition coefficient (Wildman–Crippen LogP) is 3.92. The first-order chi connectivity index (χ1) is 12.5. The summed E-state index contributed by atoms with van der Waals surface area (Å²) in [7, 11) is 0. The largest absolute Gasteiger partial charge is 0.492 e. The molecule has 0 unspecified atom stereocenters. The highest BCUT2D eigenvalue weighted by atomic mass is 35.5. The molecule has 0 bridgehead atoms. The fourth-order valence-corrected chi connectivity index (χ4v) is 3.40. The highest BCUT2D eigenvalue weighted by Crippen LogP contribution is 2.27. The number of nitrogens with one attached hydrogen (secondary N) is 1. The van der Waals surface area contributed by atoms with E-state index in [2.05, 4.69) is 5.32 Å². The fourth-order valence-electron chi connectivity index (χ4n) is 2.94. The van der Waals surface area contributed by atoms with E-state index in [9.17, 15) is 9.59 Å². The van der Waals surface area contributed by atoms with Crippen molar-refractivity contribution in [3.05, 3.63) is 28.2 Å². The van der Waals surface area contributed by atoms with Crippen molar-refractivity contribution < 1.29 is 14.3 Å². The van der Waals surface area contributed by atoms with Gasteiger partial charge in [-0.15, -0.1) is 0 Å². The van der Waals surface area contributed by atoms with Gasteiger partial charge in [0.2, 0.25) is 11.8 Å². The second kappa shape index (κ2) is 10.6. The number of benzene rings is 1. The van der Waals surface area contributed by atoms with Gasteiger partial charge in [-0.25, -0.2) is 0 Å². The number of rotatable bonds is 8. The summed E-state index contributed by atoms with van der Waals surface area (Å²) in [6.07, 6.45) is 3.45. The molecular weight excluding hydrogens is 375 g/mol. The SMILES string of the molecule is CCCNC(=O)C1CCN(C(=O)CCCOc2ccc(Cl)cc2Cl)CC1. The first-order valence-corrected chi connectivity index (χ1v) is 9.90. The molecule has 1 aliphatic heterocycles. The van der Waals surface area contributed by atoms with Crippen LogP contribution in [0.2, 0.25) is 10.0 Å². The molecule has 1 heterocycles. The third kappa shape index (κ3) is 6.36. The Bertz CT molecular complexity index is 617. The van der Waals surface area contributed by atoms with Gasteiger partial charge in [-0.05, 0) is 43.9 Å². The van der Waals surface area contributed by atoms with Crippen molar-refractivity contribution in [1.82, 2.24) is 10.2 Å². The summed E-state index contributed by atoms with van der Waals surface area (Å²) in [4.78, 5) is 26.1. The van der Waals surface area contributed by atoms with Crippen LogP contribution in [-0.4, -0.2) is 43.0 Å². The van der Waals surface area contributed by atoms with Gasteiger partial charge in [0.05, 0.1) is 11.6 Å². The topological polar surface area (TPSA) is 58.6 Å². The van der Waals surface area contributed by atoms with E-state index in [4.69, 9.17) is 27.9 Å². The number of likely N-dealkylation sites (tertiary alicyclic amines) is 1. The van der Waals surface area contributed by atoms with Crippen LogP contribution in [-0.2, 0) is 9.59 Å². The van der Waals surface area contributed by atoms with Gasteiger partial charge in [0.25, 0.3) is 0 Å². The molecule has 1 saturated heterocycles. The van der Waals surface area contributed by atoms with Gasteiger partial charge >= 0.3 is 0 Å². The molecule has 0 aliphatic carbocycles. The molecule has 2 amide bonds. The zero-order valence-corrected chi connectivity index (χ0v) is 16.6. The summed E-state index contributed by atoms with van der Waals surface area (Å²) in [5, 5.41) is 3.96. The van der Waals surface area contributed by atoms with Crippen molar-refractivity contribution in [3.8, 4) is 5.75 Å². The van der Waals surface area contributed by atoms with Crippen molar-refractivity contribution in [1.29, 1.82) is 0 Å². The van der Waals surface area contributed by atoms with E-state index in [0.29, 0.717) is 48.3 Å². The van der Waals surface area contributed by atoms with Gasteiger partial charge in [0.15, 0.2) is 0 Å².